The van der Waals surface area contributed by atoms with Gasteiger partial charge in [-0.2, -0.15) is 4.98 Å². The number of nitrogens with zero attached hydrogens (tertiary/aromatic N) is 3. The predicted octanol–water partition coefficient (Wildman–Crippen LogP) is 5.45. The van der Waals surface area contributed by atoms with Gasteiger partial charge in [-0.15, -0.1) is 0 Å². The molecular weight excluding hydrogens is 550 g/mol. The van der Waals surface area contributed by atoms with Crippen molar-refractivity contribution in [1.29, 1.82) is 0 Å². The van der Waals surface area contributed by atoms with E-state index in [0.717, 1.165) is 35.0 Å². The SMILES string of the molecule is CCc1cc2cc(-c3c(C)nc(NCc4cc(OC)cc(OC)c4)nc3N[C@@]34CC[C@H](CO)[C@H]3OC(C)(C)O4)oc2cn1. The van der Waals surface area contributed by atoms with E-state index >= 15 is 0 Å². The van der Waals surface area contributed by atoms with Crippen molar-refractivity contribution in [1.82, 2.24) is 15.0 Å². The summed E-state index contributed by atoms with van der Waals surface area (Å²) in [7, 11) is 3.25. The quantitative estimate of drug-likeness (QED) is 0.218. The Bertz CT molecular complexity index is 1620. The Balaban J connectivity index is 1.41. The molecule has 3 aromatic heterocycles. The molecule has 3 atom stereocenters. The number of ether oxygens (including phenoxy) is 4. The number of aliphatic hydroxyl groups excluding tert-OH is 1. The van der Waals surface area contributed by atoms with Crippen LogP contribution in [0.1, 0.15) is 50.6 Å². The molecule has 2 aliphatic rings. The molecule has 228 valence electrons. The second kappa shape index (κ2) is 11.3. The first-order valence-corrected chi connectivity index (χ1v) is 14.7. The lowest BCUT2D eigenvalue weighted by molar-refractivity contribution is -0.168. The van der Waals surface area contributed by atoms with Crippen LogP contribution in [0.3, 0.4) is 0 Å². The van der Waals surface area contributed by atoms with Crippen LogP contribution in [0.5, 0.6) is 11.5 Å². The molecule has 2 fully saturated rings. The topological polar surface area (TPSA) is 133 Å². The lowest BCUT2D eigenvalue weighted by Crippen LogP contribution is -2.46. The van der Waals surface area contributed by atoms with Gasteiger partial charge >= 0.3 is 0 Å². The number of benzene rings is 1. The number of anilines is 2. The summed E-state index contributed by atoms with van der Waals surface area (Å²) in [5.41, 5.74) is 3.17. The van der Waals surface area contributed by atoms with E-state index < -0.39 is 11.5 Å². The molecule has 11 nitrogen and oxygen atoms in total. The molecule has 1 aliphatic heterocycles. The van der Waals surface area contributed by atoms with Crippen molar-refractivity contribution in [3.05, 3.63) is 53.5 Å². The number of pyridine rings is 1. The number of aliphatic hydroxyl groups is 1. The van der Waals surface area contributed by atoms with Crippen molar-refractivity contribution in [2.75, 3.05) is 31.5 Å². The highest BCUT2D eigenvalue weighted by atomic mass is 16.8. The van der Waals surface area contributed by atoms with Crippen LogP contribution in [0.15, 0.2) is 40.9 Å². The van der Waals surface area contributed by atoms with Crippen molar-refractivity contribution in [3.63, 3.8) is 0 Å². The van der Waals surface area contributed by atoms with Gasteiger partial charge in [-0.25, -0.2) is 4.98 Å². The van der Waals surface area contributed by atoms with Gasteiger partial charge in [0.1, 0.15) is 29.2 Å². The molecule has 4 aromatic rings. The number of hydrogen-bond donors (Lipinski definition) is 3. The molecule has 43 heavy (non-hydrogen) atoms. The van der Waals surface area contributed by atoms with Crippen LogP contribution in [0.4, 0.5) is 11.8 Å². The molecule has 4 heterocycles. The van der Waals surface area contributed by atoms with Gasteiger partial charge in [0.2, 0.25) is 5.95 Å². The highest BCUT2D eigenvalue weighted by Gasteiger charge is 2.60. The Morgan fingerprint density at radius 2 is 1.84 bits per heavy atom. The first kappa shape index (κ1) is 29.2. The van der Waals surface area contributed by atoms with E-state index in [1.165, 1.54) is 0 Å². The van der Waals surface area contributed by atoms with E-state index in [0.29, 0.717) is 53.3 Å². The van der Waals surface area contributed by atoms with E-state index in [-0.39, 0.29) is 18.6 Å². The normalized spacial score (nSPS) is 22.5. The van der Waals surface area contributed by atoms with Crippen LogP contribution >= 0.6 is 0 Å². The van der Waals surface area contributed by atoms with Gasteiger partial charge < -0.3 is 39.1 Å². The number of rotatable bonds is 10. The fourth-order valence-corrected chi connectivity index (χ4v) is 6.18. The molecule has 11 heteroatoms. The highest BCUT2D eigenvalue weighted by Crippen LogP contribution is 2.50. The van der Waals surface area contributed by atoms with Crippen molar-refractivity contribution in [2.45, 2.75) is 71.1 Å². The maximum atomic E-state index is 10.1. The van der Waals surface area contributed by atoms with E-state index in [1.54, 1.807) is 20.4 Å². The molecule has 1 saturated heterocycles. The Morgan fingerprint density at radius 3 is 2.53 bits per heavy atom. The average Bonchev–Trinajstić information content (AvgIpc) is 3.62. The molecule has 0 spiro atoms. The first-order valence-electron chi connectivity index (χ1n) is 14.7. The molecule has 6 rings (SSSR count). The third-order valence-electron chi connectivity index (χ3n) is 8.20. The van der Waals surface area contributed by atoms with E-state index in [2.05, 4.69) is 22.5 Å². The van der Waals surface area contributed by atoms with E-state index in [9.17, 15) is 5.11 Å². The minimum absolute atomic E-state index is 0.0103. The van der Waals surface area contributed by atoms with Crippen LogP contribution in [0.25, 0.3) is 22.3 Å². The molecule has 1 aliphatic carbocycles. The van der Waals surface area contributed by atoms with Gasteiger partial charge in [0.15, 0.2) is 17.1 Å². The number of aryl methyl sites for hydroxylation is 2. The van der Waals surface area contributed by atoms with Gasteiger partial charge in [0.25, 0.3) is 0 Å². The lowest BCUT2D eigenvalue weighted by atomic mass is 10.0. The fourth-order valence-electron chi connectivity index (χ4n) is 6.18. The Hall–Kier alpha value is -3.93. The van der Waals surface area contributed by atoms with Crippen molar-refractivity contribution < 1.29 is 28.5 Å². The molecular formula is C32H39N5O6. The summed E-state index contributed by atoms with van der Waals surface area (Å²) in [5.74, 6) is 2.10. The third-order valence-corrected chi connectivity index (χ3v) is 8.20. The number of furan rings is 1. The van der Waals surface area contributed by atoms with Crippen molar-refractivity contribution in [3.8, 4) is 22.8 Å². The summed E-state index contributed by atoms with van der Waals surface area (Å²) in [6, 6.07) is 9.74. The van der Waals surface area contributed by atoms with Gasteiger partial charge in [0, 0.05) is 36.2 Å². The number of methoxy groups -OCH3 is 2. The zero-order valence-corrected chi connectivity index (χ0v) is 25.5. The average molecular weight is 590 g/mol. The molecule has 0 radical (unpaired) electrons. The molecule has 0 amide bonds. The number of nitrogens with one attached hydrogen (secondary N) is 2. The fraction of sp³-hybridized carbons (Fsp3) is 0.469. The second-order valence-electron chi connectivity index (χ2n) is 11.6. The summed E-state index contributed by atoms with van der Waals surface area (Å²) in [6.07, 6.45) is 3.62. The van der Waals surface area contributed by atoms with Crippen LogP contribution in [0, 0.1) is 12.8 Å². The van der Waals surface area contributed by atoms with Crippen molar-refractivity contribution in [2.24, 2.45) is 5.92 Å². The van der Waals surface area contributed by atoms with Gasteiger partial charge in [-0.1, -0.05) is 6.92 Å². The summed E-state index contributed by atoms with van der Waals surface area (Å²) < 4.78 is 30.0. The third kappa shape index (κ3) is 5.60. The largest absolute Gasteiger partial charge is 0.497 e. The predicted molar refractivity (Wildman–Crippen MR) is 162 cm³/mol. The maximum Gasteiger partial charge on any atom is 0.225 e. The minimum atomic E-state index is -0.882. The highest BCUT2D eigenvalue weighted by molar-refractivity contribution is 5.86. The first-order chi connectivity index (χ1) is 20.7. The molecule has 1 saturated carbocycles. The van der Waals surface area contributed by atoms with Gasteiger partial charge in [-0.3, -0.25) is 4.98 Å². The molecule has 1 aromatic carbocycles. The summed E-state index contributed by atoms with van der Waals surface area (Å²) in [6.45, 7) is 8.24. The van der Waals surface area contributed by atoms with Crippen molar-refractivity contribution >= 4 is 22.7 Å². The molecule has 0 bridgehead atoms. The van der Waals surface area contributed by atoms with Crippen LogP contribution in [0.2, 0.25) is 0 Å². The summed E-state index contributed by atoms with van der Waals surface area (Å²) in [5, 5.41) is 18.1. The smallest absolute Gasteiger partial charge is 0.225 e. The number of fused-ring (bicyclic) bond motifs is 2. The van der Waals surface area contributed by atoms with Crippen LogP contribution in [-0.4, -0.2) is 58.5 Å². The minimum Gasteiger partial charge on any atom is -0.497 e. The number of aromatic nitrogens is 3. The standard InChI is InChI=1S/C32H39N5O6/c1-7-22-12-21-13-25(41-26(21)16-33-22)27-18(2)35-30(34-15-19-10-23(39-5)14-24(11-19)40-6)36-29(27)37-32-9-8-20(17-38)28(32)42-31(3,4)43-32/h10-14,16,20,28,38H,7-9,15,17H2,1-6H3,(H2,34,35,36,37)/t20-,28-,32-/m1/s1. The van der Waals surface area contributed by atoms with Crippen LogP contribution < -0.4 is 20.1 Å². The molecule has 3 N–H and O–H groups in total. The van der Waals surface area contributed by atoms with Gasteiger partial charge in [-0.05, 0) is 69.9 Å². The van der Waals surface area contributed by atoms with Gasteiger partial charge in [0.05, 0.1) is 31.7 Å². The monoisotopic (exact) mass is 589 g/mol. The maximum absolute atomic E-state index is 10.1. The zero-order valence-electron chi connectivity index (χ0n) is 25.5. The summed E-state index contributed by atoms with van der Waals surface area (Å²) in [4.78, 5) is 14.3. The Kier molecular flexibility index (Phi) is 7.66. The second-order valence-corrected chi connectivity index (χ2v) is 11.6. The van der Waals surface area contributed by atoms with Crippen LogP contribution in [-0.2, 0) is 22.4 Å². The summed E-state index contributed by atoms with van der Waals surface area (Å²) >= 11 is 0. The number of hydrogen-bond acceptors (Lipinski definition) is 11. The Labute approximate surface area is 250 Å². The Morgan fingerprint density at radius 1 is 1.07 bits per heavy atom. The van der Waals surface area contributed by atoms with E-state index in [1.807, 2.05) is 51.1 Å². The lowest BCUT2D eigenvalue weighted by Gasteiger charge is -2.31. The molecule has 0 unspecified atom stereocenters. The zero-order chi connectivity index (χ0) is 30.4. The van der Waals surface area contributed by atoms with E-state index in [4.69, 9.17) is 33.3 Å².